The standard InChI is InChI=1S/C22H19F3N4O2/c1-13-3-5-26-12-17(13)15-7-16(11-27-10-15)28-21(30)29-6-4-14-8-20(31-2)18(9-19(14)29)22(23,24)25/h3,5,7-12H,4,6H2,1-2H3,(H,28,30). The summed E-state index contributed by atoms with van der Waals surface area (Å²) in [6.45, 7) is 2.20. The molecule has 4 rings (SSSR count). The summed E-state index contributed by atoms with van der Waals surface area (Å²) in [4.78, 5) is 22.5. The normalized spacial score (nSPS) is 13.1. The largest absolute Gasteiger partial charge is 0.496 e. The molecule has 0 fully saturated rings. The zero-order valence-electron chi connectivity index (χ0n) is 16.8. The van der Waals surface area contributed by atoms with Gasteiger partial charge in [0.2, 0.25) is 0 Å². The molecule has 0 radical (unpaired) electrons. The maximum absolute atomic E-state index is 13.4. The van der Waals surface area contributed by atoms with Gasteiger partial charge in [0.25, 0.3) is 0 Å². The first-order chi connectivity index (χ1) is 14.8. The maximum Gasteiger partial charge on any atom is 0.420 e. The minimum absolute atomic E-state index is 0.220. The number of aryl methyl sites for hydroxylation is 1. The molecule has 3 heterocycles. The zero-order valence-corrected chi connectivity index (χ0v) is 16.8. The number of amides is 2. The fraction of sp³-hybridized carbons (Fsp3) is 0.227. The first-order valence-corrected chi connectivity index (χ1v) is 9.50. The molecule has 0 saturated heterocycles. The van der Waals surface area contributed by atoms with Gasteiger partial charge in [0, 0.05) is 41.9 Å². The number of halogens is 3. The Morgan fingerprint density at radius 3 is 2.68 bits per heavy atom. The number of nitrogens with one attached hydrogen (secondary N) is 1. The van der Waals surface area contributed by atoms with E-state index in [1.54, 1.807) is 24.7 Å². The molecule has 9 heteroatoms. The van der Waals surface area contributed by atoms with Crippen LogP contribution in [-0.2, 0) is 12.6 Å². The molecule has 0 aliphatic carbocycles. The number of urea groups is 1. The van der Waals surface area contributed by atoms with Crippen LogP contribution in [-0.4, -0.2) is 29.7 Å². The average Bonchev–Trinajstić information content (AvgIpc) is 3.16. The summed E-state index contributed by atoms with van der Waals surface area (Å²) in [7, 11) is 1.19. The molecule has 1 aromatic carbocycles. The number of carbonyl (C=O) groups is 1. The Balaban J connectivity index is 1.61. The summed E-state index contributed by atoms with van der Waals surface area (Å²) in [5.41, 5.74) is 3.01. The third-order valence-corrected chi connectivity index (χ3v) is 5.19. The van der Waals surface area contributed by atoms with Crippen LogP contribution in [0.5, 0.6) is 5.75 Å². The highest BCUT2D eigenvalue weighted by molar-refractivity contribution is 6.03. The van der Waals surface area contributed by atoms with Crippen molar-refractivity contribution in [2.24, 2.45) is 0 Å². The molecule has 160 valence electrons. The van der Waals surface area contributed by atoms with Crippen molar-refractivity contribution in [2.45, 2.75) is 19.5 Å². The molecule has 0 spiro atoms. The lowest BCUT2D eigenvalue weighted by molar-refractivity contribution is -0.138. The molecular formula is C22H19F3N4O2. The number of hydrogen-bond acceptors (Lipinski definition) is 4. The third kappa shape index (κ3) is 4.03. The van der Waals surface area contributed by atoms with Gasteiger partial charge in [-0.2, -0.15) is 13.2 Å². The third-order valence-electron chi connectivity index (χ3n) is 5.19. The number of rotatable bonds is 3. The molecule has 0 bridgehead atoms. The summed E-state index contributed by atoms with van der Waals surface area (Å²) < 4.78 is 45.1. The first-order valence-electron chi connectivity index (χ1n) is 9.50. The Kier molecular flexibility index (Phi) is 5.26. The Bertz CT molecular complexity index is 1150. The van der Waals surface area contributed by atoms with E-state index in [4.69, 9.17) is 4.74 Å². The van der Waals surface area contributed by atoms with Crippen LogP contribution in [0.15, 0.2) is 49.1 Å². The lowest BCUT2D eigenvalue weighted by atomic mass is 10.1. The van der Waals surface area contributed by atoms with Crippen molar-refractivity contribution in [1.82, 2.24) is 9.97 Å². The van der Waals surface area contributed by atoms with Crippen LogP contribution in [0, 0.1) is 6.92 Å². The number of aromatic nitrogens is 2. The van der Waals surface area contributed by atoms with Crippen molar-refractivity contribution in [2.75, 3.05) is 23.9 Å². The number of nitrogens with zero attached hydrogens (tertiary/aromatic N) is 3. The van der Waals surface area contributed by atoms with Crippen LogP contribution in [0.25, 0.3) is 11.1 Å². The molecule has 2 amide bonds. The molecule has 31 heavy (non-hydrogen) atoms. The van der Waals surface area contributed by atoms with Gasteiger partial charge in [0.05, 0.1) is 24.6 Å². The number of hydrogen-bond donors (Lipinski definition) is 1. The molecule has 1 aliphatic heterocycles. The average molecular weight is 428 g/mol. The molecule has 0 atom stereocenters. The highest BCUT2D eigenvalue weighted by atomic mass is 19.4. The van der Waals surface area contributed by atoms with Gasteiger partial charge >= 0.3 is 12.2 Å². The highest BCUT2D eigenvalue weighted by Crippen LogP contribution is 2.42. The summed E-state index contributed by atoms with van der Waals surface area (Å²) in [6.07, 6.45) is 2.38. The SMILES string of the molecule is COc1cc2c(cc1C(F)(F)F)N(C(=O)Nc1cncc(-c3cnccc3C)c1)CC2. The predicted octanol–water partition coefficient (Wildman–Crippen LogP) is 5.07. The number of anilines is 2. The summed E-state index contributed by atoms with van der Waals surface area (Å²) in [5.74, 6) is -0.253. The van der Waals surface area contributed by atoms with Crippen molar-refractivity contribution >= 4 is 17.4 Å². The molecule has 1 N–H and O–H groups in total. The predicted molar refractivity (Wildman–Crippen MR) is 110 cm³/mol. The minimum atomic E-state index is -4.59. The van der Waals surface area contributed by atoms with Crippen molar-refractivity contribution in [3.8, 4) is 16.9 Å². The van der Waals surface area contributed by atoms with E-state index < -0.39 is 17.8 Å². The molecule has 3 aromatic rings. The smallest absolute Gasteiger partial charge is 0.420 e. The van der Waals surface area contributed by atoms with Gasteiger partial charge in [0.1, 0.15) is 5.75 Å². The van der Waals surface area contributed by atoms with Crippen LogP contribution < -0.4 is 15.0 Å². The summed E-state index contributed by atoms with van der Waals surface area (Å²) in [5, 5.41) is 2.73. The Hall–Kier alpha value is -3.62. The highest BCUT2D eigenvalue weighted by Gasteiger charge is 2.37. The fourth-order valence-electron chi connectivity index (χ4n) is 3.63. The van der Waals surface area contributed by atoms with Crippen LogP contribution in [0.2, 0.25) is 0 Å². The van der Waals surface area contributed by atoms with Crippen molar-refractivity contribution in [3.63, 3.8) is 0 Å². The fourth-order valence-corrected chi connectivity index (χ4v) is 3.63. The Labute approximate surface area is 176 Å². The van der Waals surface area contributed by atoms with E-state index in [1.807, 2.05) is 13.0 Å². The van der Waals surface area contributed by atoms with Crippen LogP contribution in [0.4, 0.5) is 29.3 Å². The summed E-state index contributed by atoms with van der Waals surface area (Å²) in [6, 6.07) is 5.40. The number of carbonyl (C=O) groups excluding carboxylic acids is 1. The second-order valence-corrected chi connectivity index (χ2v) is 7.16. The van der Waals surface area contributed by atoms with E-state index in [9.17, 15) is 18.0 Å². The van der Waals surface area contributed by atoms with Gasteiger partial charge < -0.3 is 10.1 Å². The van der Waals surface area contributed by atoms with Gasteiger partial charge in [-0.1, -0.05) is 0 Å². The lowest BCUT2D eigenvalue weighted by Crippen LogP contribution is -2.33. The van der Waals surface area contributed by atoms with E-state index in [2.05, 4.69) is 15.3 Å². The second kappa shape index (κ2) is 7.90. The van der Waals surface area contributed by atoms with E-state index in [1.165, 1.54) is 24.3 Å². The van der Waals surface area contributed by atoms with Crippen molar-refractivity contribution in [1.29, 1.82) is 0 Å². The topological polar surface area (TPSA) is 67.3 Å². The molecule has 6 nitrogen and oxygen atoms in total. The minimum Gasteiger partial charge on any atom is -0.496 e. The molecular weight excluding hydrogens is 409 g/mol. The van der Waals surface area contributed by atoms with Crippen molar-refractivity contribution in [3.05, 3.63) is 65.7 Å². The summed E-state index contributed by atoms with van der Waals surface area (Å²) >= 11 is 0. The molecule has 0 saturated carbocycles. The van der Waals surface area contributed by atoms with E-state index in [0.717, 1.165) is 22.8 Å². The van der Waals surface area contributed by atoms with E-state index in [-0.39, 0.29) is 18.0 Å². The Morgan fingerprint density at radius 2 is 1.97 bits per heavy atom. The van der Waals surface area contributed by atoms with E-state index in [0.29, 0.717) is 17.7 Å². The number of methoxy groups -OCH3 is 1. The van der Waals surface area contributed by atoms with Gasteiger partial charge in [-0.15, -0.1) is 0 Å². The van der Waals surface area contributed by atoms with Gasteiger partial charge in [-0.05, 0) is 48.7 Å². The molecule has 1 aliphatic rings. The first kappa shape index (κ1) is 20.6. The van der Waals surface area contributed by atoms with Gasteiger partial charge in [0.15, 0.2) is 0 Å². The number of pyridine rings is 2. The zero-order chi connectivity index (χ0) is 22.2. The quantitative estimate of drug-likeness (QED) is 0.632. The molecule has 2 aromatic heterocycles. The van der Waals surface area contributed by atoms with Gasteiger partial charge in [-0.25, -0.2) is 4.79 Å². The number of benzene rings is 1. The number of alkyl halides is 3. The Morgan fingerprint density at radius 1 is 1.16 bits per heavy atom. The number of fused-ring (bicyclic) bond motifs is 1. The lowest BCUT2D eigenvalue weighted by Gasteiger charge is -2.20. The maximum atomic E-state index is 13.4. The van der Waals surface area contributed by atoms with E-state index >= 15 is 0 Å². The number of ether oxygens (including phenoxy) is 1. The van der Waals surface area contributed by atoms with Crippen LogP contribution in [0.3, 0.4) is 0 Å². The van der Waals surface area contributed by atoms with Crippen molar-refractivity contribution < 1.29 is 22.7 Å². The van der Waals surface area contributed by atoms with Gasteiger partial charge in [-0.3, -0.25) is 14.9 Å². The second-order valence-electron chi connectivity index (χ2n) is 7.16. The van der Waals surface area contributed by atoms with Crippen LogP contribution >= 0.6 is 0 Å². The van der Waals surface area contributed by atoms with Crippen LogP contribution in [0.1, 0.15) is 16.7 Å². The molecule has 0 unspecified atom stereocenters. The monoisotopic (exact) mass is 428 g/mol.